The molecule has 2 aromatic carbocycles. The Labute approximate surface area is 187 Å². The Balaban J connectivity index is 1.38. The van der Waals surface area contributed by atoms with Crippen molar-refractivity contribution in [3.8, 4) is 0 Å². The van der Waals surface area contributed by atoms with Gasteiger partial charge in [-0.2, -0.15) is 0 Å². The van der Waals surface area contributed by atoms with Crippen LogP contribution < -0.4 is 5.32 Å². The Morgan fingerprint density at radius 1 is 0.875 bits per heavy atom. The molecule has 3 aromatic rings. The monoisotopic (exact) mass is 427 g/mol. The number of aromatic nitrogens is 1. The Morgan fingerprint density at radius 2 is 1.56 bits per heavy atom. The SMILES string of the molecule is O=C(c1ccccc1)c1ccccc1C(=O)N1CCC(C(=O)NCc2cccnc2)CC1. The molecule has 0 atom stereocenters. The second-order valence-corrected chi connectivity index (χ2v) is 7.89. The van der Waals surface area contributed by atoms with Crippen LogP contribution in [0.4, 0.5) is 0 Å². The molecular weight excluding hydrogens is 402 g/mol. The fourth-order valence-electron chi connectivity index (χ4n) is 3.96. The maximum atomic E-state index is 13.2. The van der Waals surface area contributed by atoms with Crippen LogP contribution in [0.1, 0.15) is 44.7 Å². The predicted octanol–water partition coefficient (Wildman–Crippen LogP) is 3.48. The number of ketones is 1. The lowest BCUT2D eigenvalue weighted by atomic mass is 9.93. The third kappa shape index (κ3) is 4.91. The van der Waals surface area contributed by atoms with Crippen LogP contribution in [-0.4, -0.2) is 40.6 Å². The fraction of sp³-hybridized carbons (Fsp3) is 0.231. The van der Waals surface area contributed by atoms with Crippen molar-refractivity contribution in [2.75, 3.05) is 13.1 Å². The first-order valence-electron chi connectivity index (χ1n) is 10.8. The maximum Gasteiger partial charge on any atom is 0.254 e. The number of carbonyl (C=O) groups is 3. The number of nitrogens with zero attached hydrogens (tertiary/aromatic N) is 2. The average Bonchev–Trinajstić information content (AvgIpc) is 2.87. The molecule has 0 saturated carbocycles. The highest BCUT2D eigenvalue weighted by Crippen LogP contribution is 2.22. The van der Waals surface area contributed by atoms with Crippen LogP contribution in [0.25, 0.3) is 0 Å². The van der Waals surface area contributed by atoms with Crippen molar-refractivity contribution in [3.05, 3.63) is 101 Å². The van der Waals surface area contributed by atoms with Crippen molar-refractivity contribution in [2.24, 2.45) is 5.92 Å². The van der Waals surface area contributed by atoms with Crippen LogP contribution in [-0.2, 0) is 11.3 Å². The van der Waals surface area contributed by atoms with E-state index in [2.05, 4.69) is 10.3 Å². The van der Waals surface area contributed by atoms with Gasteiger partial charge < -0.3 is 10.2 Å². The number of hydrogen-bond donors (Lipinski definition) is 1. The van der Waals surface area contributed by atoms with Crippen LogP contribution in [0.2, 0.25) is 0 Å². The molecule has 1 aliphatic heterocycles. The zero-order chi connectivity index (χ0) is 22.3. The molecule has 1 N–H and O–H groups in total. The smallest absolute Gasteiger partial charge is 0.254 e. The van der Waals surface area contributed by atoms with Crippen molar-refractivity contribution in [1.82, 2.24) is 15.2 Å². The van der Waals surface area contributed by atoms with Crippen molar-refractivity contribution in [1.29, 1.82) is 0 Å². The number of carbonyl (C=O) groups excluding carboxylic acids is 3. The summed E-state index contributed by atoms with van der Waals surface area (Å²) in [6, 6.07) is 19.7. The molecule has 6 heteroatoms. The van der Waals surface area contributed by atoms with Gasteiger partial charge in [-0.15, -0.1) is 0 Å². The van der Waals surface area contributed by atoms with Gasteiger partial charge in [-0.25, -0.2) is 0 Å². The van der Waals surface area contributed by atoms with Gasteiger partial charge in [-0.3, -0.25) is 19.4 Å². The highest BCUT2D eigenvalue weighted by atomic mass is 16.2. The van der Waals surface area contributed by atoms with Gasteiger partial charge in [0.2, 0.25) is 5.91 Å². The van der Waals surface area contributed by atoms with Crippen molar-refractivity contribution in [2.45, 2.75) is 19.4 Å². The van der Waals surface area contributed by atoms with Gasteiger partial charge in [0.1, 0.15) is 0 Å². The van der Waals surface area contributed by atoms with E-state index >= 15 is 0 Å². The molecule has 0 radical (unpaired) electrons. The van der Waals surface area contributed by atoms with Crippen molar-refractivity contribution < 1.29 is 14.4 Å². The lowest BCUT2D eigenvalue weighted by molar-refractivity contribution is -0.126. The number of pyridine rings is 1. The number of amides is 2. The molecule has 1 aliphatic rings. The lowest BCUT2D eigenvalue weighted by Crippen LogP contribution is -2.43. The number of piperidine rings is 1. The highest BCUT2D eigenvalue weighted by Gasteiger charge is 2.29. The van der Waals surface area contributed by atoms with E-state index in [-0.39, 0.29) is 23.5 Å². The molecule has 1 aromatic heterocycles. The summed E-state index contributed by atoms with van der Waals surface area (Å²) in [6.45, 7) is 1.41. The van der Waals surface area contributed by atoms with Crippen LogP contribution >= 0.6 is 0 Å². The average molecular weight is 428 g/mol. The molecule has 2 amide bonds. The van der Waals surface area contributed by atoms with Gasteiger partial charge in [0, 0.05) is 49.1 Å². The minimum Gasteiger partial charge on any atom is -0.352 e. The Hall–Kier alpha value is -3.80. The second kappa shape index (κ2) is 10.0. The van der Waals surface area contributed by atoms with E-state index < -0.39 is 0 Å². The molecule has 0 bridgehead atoms. The summed E-state index contributed by atoms with van der Waals surface area (Å²) in [5.74, 6) is -0.462. The fourth-order valence-corrected chi connectivity index (χ4v) is 3.96. The number of benzene rings is 2. The van der Waals surface area contributed by atoms with Gasteiger partial charge in [0.05, 0.1) is 5.56 Å². The van der Waals surface area contributed by atoms with Crippen LogP contribution in [0.15, 0.2) is 79.1 Å². The molecule has 0 aliphatic carbocycles. The Morgan fingerprint density at radius 3 is 2.25 bits per heavy atom. The molecule has 0 spiro atoms. The molecular formula is C26H25N3O3. The topological polar surface area (TPSA) is 79.4 Å². The van der Waals surface area contributed by atoms with Gasteiger partial charge in [-0.1, -0.05) is 54.6 Å². The minimum absolute atomic E-state index is 0.000563. The number of nitrogens with one attached hydrogen (secondary N) is 1. The van der Waals surface area contributed by atoms with Gasteiger partial charge >= 0.3 is 0 Å². The summed E-state index contributed by atoms with van der Waals surface area (Å²) in [4.78, 5) is 44.5. The quantitative estimate of drug-likeness (QED) is 0.611. The summed E-state index contributed by atoms with van der Waals surface area (Å²) in [6.07, 6.45) is 4.62. The van der Waals surface area contributed by atoms with Crippen molar-refractivity contribution >= 4 is 17.6 Å². The molecule has 6 nitrogen and oxygen atoms in total. The molecule has 1 saturated heterocycles. The highest BCUT2D eigenvalue weighted by molar-refractivity contribution is 6.15. The van der Waals surface area contributed by atoms with E-state index in [1.54, 1.807) is 53.7 Å². The predicted molar refractivity (Wildman–Crippen MR) is 121 cm³/mol. The van der Waals surface area contributed by atoms with E-state index in [0.29, 0.717) is 49.2 Å². The summed E-state index contributed by atoms with van der Waals surface area (Å²) in [5.41, 5.74) is 2.31. The zero-order valence-corrected chi connectivity index (χ0v) is 17.7. The van der Waals surface area contributed by atoms with Gasteiger partial charge in [-0.05, 0) is 30.5 Å². The number of likely N-dealkylation sites (tertiary alicyclic amines) is 1. The van der Waals surface area contributed by atoms with Gasteiger partial charge in [0.25, 0.3) is 5.91 Å². The molecule has 2 heterocycles. The third-order valence-corrected chi connectivity index (χ3v) is 5.78. The van der Waals surface area contributed by atoms with E-state index in [9.17, 15) is 14.4 Å². The zero-order valence-electron chi connectivity index (χ0n) is 17.7. The second-order valence-electron chi connectivity index (χ2n) is 7.89. The normalized spacial score (nSPS) is 14.1. The first kappa shape index (κ1) is 21.4. The van der Waals surface area contributed by atoms with Crippen LogP contribution in [0.5, 0.6) is 0 Å². The standard InChI is InChI=1S/C26H25N3O3/c30-24(20-8-2-1-3-9-20)22-10-4-5-11-23(22)26(32)29-15-12-21(13-16-29)25(31)28-18-19-7-6-14-27-17-19/h1-11,14,17,21H,12-13,15-16,18H2,(H,28,31). The summed E-state index contributed by atoms with van der Waals surface area (Å²) in [5, 5.41) is 2.96. The van der Waals surface area contributed by atoms with Gasteiger partial charge in [0.15, 0.2) is 5.78 Å². The third-order valence-electron chi connectivity index (χ3n) is 5.78. The molecule has 162 valence electrons. The largest absolute Gasteiger partial charge is 0.352 e. The summed E-state index contributed by atoms with van der Waals surface area (Å²) < 4.78 is 0. The molecule has 32 heavy (non-hydrogen) atoms. The Bertz CT molecular complexity index is 1090. The molecule has 1 fully saturated rings. The number of hydrogen-bond acceptors (Lipinski definition) is 4. The first-order chi connectivity index (χ1) is 15.6. The first-order valence-corrected chi connectivity index (χ1v) is 10.8. The van der Waals surface area contributed by atoms with Crippen molar-refractivity contribution in [3.63, 3.8) is 0 Å². The summed E-state index contributed by atoms with van der Waals surface area (Å²) in [7, 11) is 0. The molecule has 0 unspecified atom stereocenters. The lowest BCUT2D eigenvalue weighted by Gasteiger charge is -2.31. The van der Waals surface area contributed by atoms with E-state index in [4.69, 9.17) is 0 Å². The molecule has 4 rings (SSSR count). The maximum absolute atomic E-state index is 13.2. The minimum atomic E-state index is -0.168. The van der Waals surface area contributed by atoms with Crippen LogP contribution in [0.3, 0.4) is 0 Å². The number of rotatable bonds is 6. The summed E-state index contributed by atoms with van der Waals surface area (Å²) >= 11 is 0. The van der Waals surface area contributed by atoms with E-state index in [1.165, 1.54) is 0 Å². The van der Waals surface area contributed by atoms with E-state index in [0.717, 1.165) is 5.56 Å². The van der Waals surface area contributed by atoms with Crippen LogP contribution in [0, 0.1) is 5.92 Å². The Kier molecular flexibility index (Phi) is 6.70. The van der Waals surface area contributed by atoms with E-state index in [1.807, 2.05) is 30.3 Å².